The number of piperidine rings is 1. The van der Waals surface area contributed by atoms with Gasteiger partial charge in [0.25, 0.3) is 0 Å². The molecule has 0 bridgehead atoms. The van der Waals surface area contributed by atoms with Gasteiger partial charge in [0, 0.05) is 13.1 Å². The molecule has 0 radical (unpaired) electrons. The van der Waals surface area contributed by atoms with Crippen LogP contribution in [0.15, 0.2) is 54.6 Å². The van der Waals surface area contributed by atoms with E-state index in [1.54, 1.807) is 0 Å². The van der Waals surface area contributed by atoms with Crippen molar-refractivity contribution in [1.82, 2.24) is 10.3 Å². The van der Waals surface area contributed by atoms with E-state index >= 15 is 0 Å². The Kier molecular flexibility index (Phi) is 5.46. The minimum absolute atomic E-state index is 0.0208. The van der Waals surface area contributed by atoms with Gasteiger partial charge >= 0.3 is 0 Å². The number of carbonyl (C=O) groups excluding carboxylic acids is 1. The number of rotatable bonds is 5. The summed E-state index contributed by atoms with van der Waals surface area (Å²) in [7, 11) is 0. The molecule has 24 heavy (non-hydrogen) atoms. The molecular formula is C19H23N3O2. The second kappa shape index (κ2) is 7.95. The van der Waals surface area contributed by atoms with Crippen molar-refractivity contribution < 1.29 is 9.53 Å². The summed E-state index contributed by atoms with van der Waals surface area (Å²) in [6.45, 7) is 2.55. The quantitative estimate of drug-likeness (QED) is 0.504. The first-order valence-corrected chi connectivity index (χ1v) is 8.29. The van der Waals surface area contributed by atoms with Gasteiger partial charge in [0.2, 0.25) is 5.91 Å². The van der Waals surface area contributed by atoms with Crippen molar-refractivity contribution >= 4 is 5.91 Å². The van der Waals surface area contributed by atoms with E-state index in [1.807, 2.05) is 42.5 Å². The molecule has 0 saturated carbocycles. The van der Waals surface area contributed by atoms with Crippen molar-refractivity contribution in [2.75, 3.05) is 13.1 Å². The Hall–Kier alpha value is -2.37. The molecule has 5 heteroatoms. The Morgan fingerprint density at radius 2 is 1.96 bits per heavy atom. The molecule has 1 atom stereocenters. The Balaban J connectivity index is 1.63. The fourth-order valence-corrected chi connectivity index (χ4v) is 3.12. The van der Waals surface area contributed by atoms with E-state index in [0.29, 0.717) is 0 Å². The van der Waals surface area contributed by atoms with Crippen LogP contribution in [0.4, 0.5) is 0 Å². The fourth-order valence-electron chi connectivity index (χ4n) is 3.12. The van der Waals surface area contributed by atoms with Gasteiger partial charge in [0.05, 0.1) is 5.92 Å². The summed E-state index contributed by atoms with van der Waals surface area (Å²) in [4.78, 5) is 14.0. The lowest BCUT2D eigenvalue weighted by Gasteiger charge is -2.31. The molecule has 0 aromatic heterocycles. The number of benzene rings is 2. The molecule has 126 valence electrons. The zero-order chi connectivity index (χ0) is 16.8. The van der Waals surface area contributed by atoms with E-state index in [4.69, 9.17) is 10.6 Å². The largest absolute Gasteiger partial charge is 0.457 e. The lowest BCUT2D eigenvalue weighted by atomic mass is 9.97. The zero-order valence-corrected chi connectivity index (χ0v) is 13.7. The maximum Gasteiger partial charge on any atom is 0.238 e. The number of ether oxygens (including phenoxy) is 1. The van der Waals surface area contributed by atoms with Crippen molar-refractivity contribution in [2.45, 2.75) is 19.4 Å². The third-order valence-electron chi connectivity index (χ3n) is 4.30. The first-order chi connectivity index (χ1) is 11.7. The zero-order valence-electron chi connectivity index (χ0n) is 13.7. The molecule has 2 aromatic rings. The van der Waals surface area contributed by atoms with Crippen LogP contribution in [0.5, 0.6) is 11.5 Å². The lowest BCUT2D eigenvalue weighted by molar-refractivity contribution is -0.126. The molecule has 5 nitrogen and oxygen atoms in total. The first kappa shape index (κ1) is 16.5. The average molecular weight is 325 g/mol. The number of hydrogen-bond acceptors (Lipinski definition) is 4. The van der Waals surface area contributed by atoms with Gasteiger partial charge in [-0.2, -0.15) is 0 Å². The number of likely N-dealkylation sites (tertiary alicyclic amines) is 1. The second-order valence-corrected chi connectivity index (χ2v) is 6.15. The second-order valence-electron chi connectivity index (χ2n) is 6.15. The van der Waals surface area contributed by atoms with Crippen LogP contribution in [0.3, 0.4) is 0 Å². The summed E-state index contributed by atoms with van der Waals surface area (Å²) >= 11 is 0. The molecule has 1 aliphatic heterocycles. The molecule has 0 spiro atoms. The smallest absolute Gasteiger partial charge is 0.238 e. The van der Waals surface area contributed by atoms with Crippen LogP contribution in [0.2, 0.25) is 0 Å². The number of hydrazine groups is 1. The maximum atomic E-state index is 11.7. The monoisotopic (exact) mass is 325 g/mol. The van der Waals surface area contributed by atoms with Crippen molar-refractivity contribution in [3.63, 3.8) is 0 Å². The van der Waals surface area contributed by atoms with Crippen molar-refractivity contribution in [3.05, 3.63) is 60.2 Å². The highest BCUT2D eigenvalue weighted by Crippen LogP contribution is 2.24. The highest BCUT2D eigenvalue weighted by molar-refractivity contribution is 5.78. The summed E-state index contributed by atoms with van der Waals surface area (Å²) in [5.41, 5.74) is 3.45. The van der Waals surface area contributed by atoms with Gasteiger partial charge in [-0.3, -0.25) is 15.1 Å². The standard InChI is InChI=1S/C19H23N3O2/c20-21-19(23)16-7-5-11-22(14-16)13-15-6-4-10-18(12-15)24-17-8-2-1-3-9-17/h1-4,6,8-10,12,16H,5,7,11,13-14,20H2,(H,21,23)/t16-/m1/s1. The van der Waals surface area contributed by atoms with Crippen molar-refractivity contribution in [1.29, 1.82) is 0 Å². The molecule has 2 aromatic carbocycles. The van der Waals surface area contributed by atoms with E-state index < -0.39 is 0 Å². The minimum atomic E-state index is -0.0686. The summed E-state index contributed by atoms with van der Waals surface area (Å²) in [5.74, 6) is 6.82. The highest BCUT2D eigenvalue weighted by Gasteiger charge is 2.25. The number of para-hydroxylation sites is 1. The molecule has 3 rings (SSSR count). The van der Waals surface area contributed by atoms with Gasteiger partial charge in [0.15, 0.2) is 0 Å². The summed E-state index contributed by atoms with van der Waals surface area (Å²) in [6.07, 6.45) is 1.91. The van der Waals surface area contributed by atoms with E-state index in [-0.39, 0.29) is 11.8 Å². The third-order valence-corrected chi connectivity index (χ3v) is 4.30. The average Bonchev–Trinajstić information content (AvgIpc) is 2.62. The SMILES string of the molecule is NNC(=O)[C@@H]1CCCN(Cc2cccc(Oc3ccccc3)c2)C1. The lowest BCUT2D eigenvalue weighted by Crippen LogP contribution is -2.44. The normalized spacial score (nSPS) is 18.1. The van der Waals surface area contributed by atoms with Crippen LogP contribution in [0.25, 0.3) is 0 Å². The molecule has 1 saturated heterocycles. The van der Waals surface area contributed by atoms with Crippen LogP contribution in [-0.4, -0.2) is 23.9 Å². The van der Waals surface area contributed by atoms with E-state index in [0.717, 1.165) is 44.0 Å². The molecular weight excluding hydrogens is 302 g/mol. The van der Waals surface area contributed by atoms with Gasteiger partial charge in [-0.25, -0.2) is 5.84 Å². The Bertz CT molecular complexity index is 675. The van der Waals surface area contributed by atoms with Crippen molar-refractivity contribution in [2.24, 2.45) is 11.8 Å². The molecule has 1 heterocycles. The number of hydrogen-bond donors (Lipinski definition) is 2. The predicted molar refractivity (Wildman–Crippen MR) is 93.3 cm³/mol. The Morgan fingerprint density at radius 1 is 1.17 bits per heavy atom. The Morgan fingerprint density at radius 3 is 2.75 bits per heavy atom. The van der Waals surface area contributed by atoms with Crippen LogP contribution in [0.1, 0.15) is 18.4 Å². The van der Waals surface area contributed by atoms with Gasteiger partial charge in [0.1, 0.15) is 11.5 Å². The number of nitrogens with two attached hydrogens (primary N) is 1. The third kappa shape index (κ3) is 4.34. The number of nitrogens with one attached hydrogen (secondary N) is 1. The van der Waals surface area contributed by atoms with Crippen LogP contribution >= 0.6 is 0 Å². The maximum absolute atomic E-state index is 11.7. The highest BCUT2D eigenvalue weighted by atomic mass is 16.5. The number of carbonyl (C=O) groups is 1. The van der Waals surface area contributed by atoms with Gasteiger partial charge in [-0.15, -0.1) is 0 Å². The van der Waals surface area contributed by atoms with Crippen molar-refractivity contribution in [3.8, 4) is 11.5 Å². The van der Waals surface area contributed by atoms with Gasteiger partial charge < -0.3 is 4.74 Å². The fraction of sp³-hybridized carbons (Fsp3) is 0.316. The topological polar surface area (TPSA) is 67.6 Å². The molecule has 0 aliphatic carbocycles. The predicted octanol–water partition coefficient (Wildman–Crippen LogP) is 2.68. The van der Waals surface area contributed by atoms with Gasteiger partial charge in [-0.05, 0) is 49.2 Å². The summed E-state index contributed by atoms with van der Waals surface area (Å²) in [5, 5.41) is 0. The first-order valence-electron chi connectivity index (χ1n) is 8.29. The Labute approximate surface area is 142 Å². The van der Waals surface area contributed by atoms with Crippen LogP contribution < -0.4 is 16.0 Å². The summed E-state index contributed by atoms with van der Waals surface area (Å²) < 4.78 is 5.89. The van der Waals surface area contributed by atoms with E-state index in [9.17, 15) is 4.79 Å². The van der Waals surface area contributed by atoms with E-state index in [1.165, 1.54) is 5.56 Å². The summed E-state index contributed by atoms with van der Waals surface area (Å²) in [6, 6.07) is 17.8. The van der Waals surface area contributed by atoms with E-state index in [2.05, 4.69) is 22.5 Å². The number of amides is 1. The number of nitrogens with zero attached hydrogens (tertiary/aromatic N) is 1. The molecule has 1 aliphatic rings. The van der Waals surface area contributed by atoms with Gasteiger partial charge in [-0.1, -0.05) is 30.3 Å². The molecule has 1 amide bonds. The minimum Gasteiger partial charge on any atom is -0.457 e. The van der Waals surface area contributed by atoms with Crippen LogP contribution in [-0.2, 0) is 11.3 Å². The molecule has 1 fully saturated rings. The van der Waals surface area contributed by atoms with Crippen LogP contribution in [0, 0.1) is 5.92 Å². The molecule has 3 N–H and O–H groups in total. The molecule has 0 unspecified atom stereocenters.